The molecule has 160 valence electrons. The summed E-state index contributed by atoms with van der Waals surface area (Å²) in [6, 6.07) is 21.7. The fraction of sp³-hybridized carbons (Fsp3) is 0.538. The Kier molecular flexibility index (Phi) is 8.68. The molecule has 2 aromatic carbocycles. The maximum Gasteiger partial charge on any atom is 0.261 e. The molecule has 1 N–H and O–H groups in total. The lowest BCUT2D eigenvalue weighted by Gasteiger charge is -2.43. The van der Waals surface area contributed by atoms with Gasteiger partial charge in [0.1, 0.15) is 0 Å². The van der Waals surface area contributed by atoms with Crippen molar-refractivity contribution in [2.24, 2.45) is 11.8 Å². The third-order valence-corrected chi connectivity index (χ3v) is 11.2. The molecular weight excluding hydrogens is 372 g/mol. The molecule has 0 aliphatic heterocycles. The quantitative estimate of drug-likeness (QED) is 0.530. The third-order valence-electron chi connectivity index (χ3n) is 6.18. The van der Waals surface area contributed by atoms with Crippen LogP contribution < -0.4 is 10.4 Å². The zero-order valence-electron chi connectivity index (χ0n) is 19.2. The fourth-order valence-corrected chi connectivity index (χ4v) is 8.83. The second kappa shape index (κ2) is 10.6. The van der Waals surface area contributed by atoms with E-state index in [1.54, 1.807) is 0 Å². The van der Waals surface area contributed by atoms with Gasteiger partial charge < -0.3 is 9.53 Å². The topological polar surface area (TPSA) is 29.5 Å². The minimum Gasteiger partial charge on any atom is -0.407 e. The molecule has 2 nitrogen and oxygen atoms in total. The predicted octanol–water partition coefficient (Wildman–Crippen LogP) is 5.39. The smallest absolute Gasteiger partial charge is 0.261 e. The van der Waals surface area contributed by atoms with Crippen molar-refractivity contribution in [3.8, 4) is 0 Å². The number of aliphatic hydroxyl groups is 1. The Morgan fingerprint density at radius 2 is 1.31 bits per heavy atom. The average Bonchev–Trinajstić information content (AvgIpc) is 2.69. The zero-order chi connectivity index (χ0) is 21.5. The van der Waals surface area contributed by atoms with E-state index >= 15 is 0 Å². The molecule has 2 rings (SSSR count). The molecule has 0 saturated heterocycles. The number of aliphatic hydroxyl groups excluding tert-OH is 1. The summed E-state index contributed by atoms with van der Waals surface area (Å²) in [4.78, 5) is 0. The molecule has 0 saturated carbocycles. The highest BCUT2D eigenvalue weighted by Gasteiger charge is 2.50. The van der Waals surface area contributed by atoms with Gasteiger partial charge >= 0.3 is 0 Å². The molecule has 0 aliphatic rings. The van der Waals surface area contributed by atoms with Crippen LogP contribution in [0.5, 0.6) is 0 Å². The maximum absolute atomic E-state index is 9.72. The van der Waals surface area contributed by atoms with Gasteiger partial charge in [0.05, 0.1) is 6.10 Å². The summed E-state index contributed by atoms with van der Waals surface area (Å²) < 4.78 is 7.02. The van der Waals surface area contributed by atoms with Crippen molar-refractivity contribution in [1.29, 1.82) is 0 Å². The molecule has 0 spiro atoms. The predicted molar refractivity (Wildman–Crippen MR) is 127 cm³/mol. The Morgan fingerprint density at radius 1 is 0.828 bits per heavy atom. The summed E-state index contributed by atoms with van der Waals surface area (Å²) in [5.41, 5.74) is 0. The Morgan fingerprint density at radius 3 is 1.72 bits per heavy atom. The minimum absolute atomic E-state index is 0.0241. The van der Waals surface area contributed by atoms with Crippen LogP contribution in [-0.4, -0.2) is 26.1 Å². The molecule has 0 fully saturated rings. The number of hydrogen-bond donors (Lipinski definition) is 1. The van der Waals surface area contributed by atoms with E-state index in [1.807, 2.05) is 6.92 Å². The molecule has 0 bridgehead atoms. The van der Waals surface area contributed by atoms with E-state index in [-0.39, 0.29) is 11.1 Å². The van der Waals surface area contributed by atoms with Crippen molar-refractivity contribution < 1.29 is 9.53 Å². The van der Waals surface area contributed by atoms with Gasteiger partial charge in [0.25, 0.3) is 8.32 Å². The van der Waals surface area contributed by atoms with Crippen molar-refractivity contribution in [2.45, 2.75) is 71.9 Å². The van der Waals surface area contributed by atoms with Crippen LogP contribution in [0.1, 0.15) is 60.8 Å². The second-order valence-corrected chi connectivity index (χ2v) is 14.0. The van der Waals surface area contributed by atoms with Crippen LogP contribution in [0.2, 0.25) is 5.04 Å². The molecule has 3 atom stereocenters. The molecule has 0 unspecified atom stereocenters. The zero-order valence-corrected chi connectivity index (χ0v) is 20.2. The summed E-state index contributed by atoms with van der Waals surface area (Å²) in [7, 11) is -2.43. The van der Waals surface area contributed by atoms with Gasteiger partial charge in [-0.3, -0.25) is 0 Å². The van der Waals surface area contributed by atoms with Crippen molar-refractivity contribution in [3.63, 3.8) is 0 Å². The number of benzene rings is 2. The van der Waals surface area contributed by atoms with Crippen LogP contribution in [0.4, 0.5) is 0 Å². The van der Waals surface area contributed by atoms with Gasteiger partial charge in [-0.25, -0.2) is 0 Å². The van der Waals surface area contributed by atoms with E-state index in [1.165, 1.54) is 10.4 Å². The van der Waals surface area contributed by atoms with Crippen molar-refractivity contribution >= 4 is 18.7 Å². The van der Waals surface area contributed by atoms with Gasteiger partial charge in [0.15, 0.2) is 0 Å². The lowest BCUT2D eigenvalue weighted by atomic mass is 9.96. The van der Waals surface area contributed by atoms with E-state index < -0.39 is 8.32 Å². The van der Waals surface area contributed by atoms with Crippen LogP contribution in [0.15, 0.2) is 60.7 Å². The average molecular weight is 413 g/mol. The minimum atomic E-state index is -2.43. The first-order valence-corrected chi connectivity index (χ1v) is 13.0. The van der Waals surface area contributed by atoms with E-state index in [0.717, 1.165) is 25.9 Å². The highest BCUT2D eigenvalue weighted by atomic mass is 28.4. The second-order valence-electron chi connectivity index (χ2n) is 9.73. The first kappa shape index (κ1) is 23.9. The standard InChI is InChI=1S/C26H40O2Si/c1-21(14-13-15-22(2)23(3)27)20-28-29(26(4,5)6,24-16-9-7-10-17-24)25-18-11-8-12-19-25/h7-12,16-19,21-23,27H,13-15,20H2,1-6H3/t21-,22+,23-/m1/s1. The Hall–Kier alpha value is -1.42. The van der Waals surface area contributed by atoms with E-state index in [4.69, 9.17) is 4.43 Å². The van der Waals surface area contributed by atoms with E-state index in [0.29, 0.717) is 11.8 Å². The molecule has 29 heavy (non-hydrogen) atoms. The molecule has 3 heteroatoms. The highest BCUT2D eigenvalue weighted by molar-refractivity contribution is 6.99. The van der Waals surface area contributed by atoms with Gasteiger partial charge in [-0.15, -0.1) is 0 Å². The van der Waals surface area contributed by atoms with Gasteiger partial charge in [0, 0.05) is 6.61 Å². The van der Waals surface area contributed by atoms with Crippen molar-refractivity contribution in [3.05, 3.63) is 60.7 Å². The van der Waals surface area contributed by atoms with Crippen LogP contribution in [-0.2, 0) is 4.43 Å². The molecule has 0 aromatic heterocycles. The SMILES string of the molecule is C[C@H](CCC[C@H](C)[C@@H](C)O)CO[Si](c1ccccc1)(c1ccccc1)C(C)(C)C. The van der Waals surface area contributed by atoms with Crippen LogP contribution in [0, 0.1) is 11.8 Å². The summed E-state index contributed by atoms with van der Waals surface area (Å²) in [5, 5.41) is 12.4. The Bertz CT molecular complexity index is 667. The Balaban J connectivity index is 2.23. The largest absolute Gasteiger partial charge is 0.407 e. The lowest BCUT2D eigenvalue weighted by molar-refractivity contribution is 0.126. The summed E-state index contributed by atoms with van der Waals surface area (Å²) in [6.45, 7) is 14.1. The van der Waals surface area contributed by atoms with Crippen LogP contribution in [0.3, 0.4) is 0 Å². The Labute approximate surface area is 179 Å². The molecule has 0 amide bonds. The van der Waals surface area contributed by atoms with Gasteiger partial charge in [0.2, 0.25) is 0 Å². The first-order valence-electron chi connectivity index (χ1n) is 11.1. The molecule has 0 heterocycles. The monoisotopic (exact) mass is 412 g/mol. The van der Waals surface area contributed by atoms with E-state index in [2.05, 4.69) is 95.3 Å². The summed E-state index contributed by atoms with van der Waals surface area (Å²) >= 11 is 0. The normalized spacial score (nSPS) is 15.7. The summed E-state index contributed by atoms with van der Waals surface area (Å²) in [6.07, 6.45) is 3.12. The summed E-state index contributed by atoms with van der Waals surface area (Å²) in [5.74, 6) is 0.859. The molecule has 0 aliphatic carbocycles. The van der Waals surface area contributed by atoms with Crippen LogP contribution >= 0.6 is 0 Å². The highest BCUT2D eigenvalue weighted by Crippen LogP contribution is 2.37. The first-order chi connectivity index (χ1) is 13.7. The van der Waals surface area contributed by atoms with Crippen LogP contribution in [0.25, 0.3) is 0 Å². The molecular formula is C26H40O2Si. The lowest BCUT2D eigenvalue weighted by Crippen LogP contribution is -2.66. The number of rotatable bonds is 10. The number of hydrogen-bond acceptors (Lipinski definition) is 2. The molecule has 2 aromatic rings. The van der Waals surface area contributed by atoms with Gasteiger partial charge in [-0.1, -0.05) is 102 Å². The fourth-order valence-electron chi connectivity index (χ4n) is 4.14. The van der Waals surface area contributed by atoms with Gasteiger partial charge in [-0.05, 0) is 47.0 Å². The maximum atomic E-state index is 9.72. The molecule has 0 radical (unpaired) electrons. The van der Waals surface area contributed by atoms with E-state index in [9.17, 15) is 5.11 Å². The van der Waals surface area contributed by atoms with Gasteiger partial charge in [-0.2, -0.15) is 0 Å². The third kappa shape index (κ3) is 6.03. The van der Waals surface area contributed by atoms with Crippen molar-refractivity contribution in [2.75, 3.05) is 6.61 Å². The van der Waals surface area contributed by atoms with Crippen molar-refractivity contribution in [1.82, 2.24) is 0 Å².